The quantitative estimate of drug-likeness (QED) is 0.864. The van der Waals surface area contributed by atoms with Crippen molar-refractivity contribution in [3.05, 3.63) is 12.2 Å². The summed E-state index contributed by atoms with van der Waals surface area (Å²) in [6.45, 7) is 1.15. The highest BCUT2D eigenvalue weighted by molar-refractivity contribution is 7.89. The molecule has 0 bridgehead atoms. The number of H-pyrrole nitrogens is 1. The van der Waals surface area contributed by atoms with Gasteiger partial charge in [-0.15, -0.1) is 0 Å². The van der Waals surface area contributed by atoms with E-state index >= 15 is 0 Å². The first-order valence-corrected chi connectivity index (χ1v) is 8.71. The minimum absolute atomic E-state index is 0.251. The summed E-state index contributed by atoms with van der Waals surface area (Å²) in [7, 11) is -3.19. The number of ether oxygens (including phenoxy) is 1. The van der Waals surface area contributed by atoms with Crippen molar-refractivity contribution in [1.29, 1.82) is 0 Å². The van der Waals surface area contributed by atoms with Crippen molar-refractivity contribution in [2.45, 2.75) is 31.8 Å². The van der Waals surface area contributed by atoms with Gasteiger partial charge in [0, 0.05) is 13.1 Å². The summed E-state index contributed by atoms with van der Waals surface area (Å²) < 4.78 is 31.8. The molecule has 112 valence electrons. The first-order chi connectivity index (χ1) is 9.65. The molecule has 7 nitrogen and oxygen atoms in total. The Morgan fingerprint density at radius 3 is 2.95 bits per heavy atom. The van der Waals surface area contributed by atoms with Gasteiger partial charge < -0.3 is 4.74 Å². The second-order valence-corrected chi connectivity index (χ2v) is 7.58. The standard InChI is InChI=1S/C12H20N4O3S/c17-20(18,7-4-10-2-1-3-10)16-5-6-19-11(8-16)12-13-9-14-15-12/h9-11H,1-8H2,(H,13,14,15). The summed E-state index contributed by atoms with van der Waals surface area (Å²) in [5.74, 6) is 1.45. The summed E-state index contributed by atoms with van der Waals surface area (Å²) in [4.78, 5) is 4.04. The van der Waals surface area contributed by atoms with Crippen LogP contribution in [0.5, 0.6) is 0 Å². The van der Waals surface area contributed by atoms with Gasteiger partial charge >= 0.3 is 0 Å². The molecule has 1 aromatic rings. The summed E-state index contributed by atoms with van der Waals surface area (Å²) in [5.41, 5.74) is 0. The lowest BCUT2D eigenvalue weighted by atomic mass is 9.84. The second-order valence-electron chi connectivity index (χ2n) is 5.49. The van der Waals surface area contributed by atoms with Gasteiger partial charge in [-0.05, 0) is 12.3 Å². The molecule has 3 rings (SSSR count). The Kier molecular flexibility index (Phi) is 4.04. The first kappa shape index (κ1) is 14.0. The van der Waals surface area contributed by atoms with Gasteiger partial charge in [0.2, 0.25) is 10.0 Å². The lowest BCUT2D eigenvalue weighted by Crippen LogP contribution is -2.43. The molecule has 1 saturated heterocycles. The molecule has 2 heterocycles. The first-order valence-electron chi connectivity index (χ1n) is 7.10. The molecule has 1 aromatic heterocycles. The molecule has 0 aromatic carbocycles. The summed E-state index contributed by atoms with van der Waals surface area (Å²) in [5, 5.41) is 6.52. The largest absolute Gasteiger partial charge is 0.367 e. The van der Waals surface area contributed by atoms with E-state index in [-0.39, 0.29) is 11.9 Å². The van der Waals surface area contributed by atoms with E-state index in [0.29, 0.717) is 31.4 Å². The second kappa shape index (κ2) is 5.79. The van der Waals surface area contributed by atoms with Gasteiger partial charge in [-0.3, -0.25) is 5.10 Å². The third-order valence-corrected chi connectivity index (χ3v) is 6.04. The highest BCUT2D eigenvalue weighted by atomic mass is 32.2. The average Bonchev–Trinajstić information content (AvgIpc) is 2.91. The zero-order valence-corrected chi connectivity index (χ0v) is 12.2. The Morgan fingerprint density at radius 2 is 2.30 bits per heavy atom. The average molecular weight is 300 g/mol. The van der Waals surface area contributed by atoms with E-state index in [2.05, 4.69) is 15.2 Å². The van der Waals surface area contributed by atoms with Crippen molar-refractivity contribution < 1.29 is 13.2 Å². The maximum Gasteiger partial charge on any atom is 0.214 e. The van der Waals surface area contributed by atoms with E-state index in [1.807, 2.05) is 0 Å². The highest BCUT2D eigenvalue weighted by Gasteiger charge is 2.32. The molecule has 1 saturated carbocycles. The Labute approximate surface area is 118 Å². The minimum atomic E-state index is -3.19. The van der Waals surface area contributed by atoms with Gasteiger partial charge in [0.1, 0.15) is 12.4 Å². The van der Waals surface area contributed by atoms with Crippen molar-refractivity contribution in [3.63, 3.8) is 0 Å². The van der Waals surface area contributed by atoms with Gasteiger partial charge in [-0.1, -0.05) is 19.3 Å². The molecule has 0 amide bonds. The number of morpholine rings is 1. The molecule has 1 atom stereocenters. The topological polar surface area (TPSA) is 88.2 Å². The Bertz CT molecular complexity index is 527. The third kappa shape index (κ3) is 3.02. The Morgan fingerprint density at radius 1 is 1.45 bits per heavy atom. The van der Waals surface area contributed by atoms with Crippen LogP contribution in [0.2, 0.25) is 0 Å². The minimum Gasteiger partial charge on any atom is -0.367 e. The van der Waals surface area contributed by atoms with Crippen molar-refractivity contribution >= 4 is 10.0 Å². The fourth-order valence-electron chi connectivity index (χ4n) is 2.64. The van der Waals surface area contributed by atoms with Crippen LogP contribution in [0.4, 0.5) is 0 Å². The number of rotatable bonds is 5. The molecule has 8 heteroatoms. The van der Waals surface area contributed by atoms with Crippen molar-refractivity contribution in [3.8, 4) is 0 Å². The lowest BCUT2D eigenvalue weighted by Gasteiger charge is -2.32. The predicted molar refractivity (Wildman–Crippen MR) is 72.4 cm³/mol. The molecule has 2 fully saturated rings. The van der Waals surface area contributed by atoms with E-state index < -0.39 is 10.0 Å². The van der Waals surface area contributed by atoms with Crippen LogP contribution in [0.3, 0.4) is 0 Å². The zero-order valence-electron chi connectivity index (χ0n) is 11.4. The molecule has 0 radical (unpaired) electrons. The normalized spacial score (nSPS) is 25.5. The predicted octanol–water partition coefficient (Wildman–Crippen LogP) is 0.698. The van der Waals surface area contributed by atoms with E-state index in [1.54, 1.807) is 0 Å². The van der Waals surface area contributed by atoms with Crippen LogP contribution in [0.1, 0.15) is 37.6 Å². The fraction of sp³-hybridized carbons (Fsp3) is 0.833. The van der Waals surface area contributed by atoms with Gasteiger partial charge in [-0.25, -0.2) is 13.4 Å². The van der Waals surface area contributed by atoms with Crippen LogP contribution >= 0.6 is 0 Å². The summed E-state index contributed by atoms with van der Waals surface area (Å²) >= 11 is 0. The Hall–Kier alpha value is -0.990. The van der Waals surface area contributed by atoms with Crippen LogP contribution in [-0.4, -0.2) is 53.4 Å². The molecule has 1 aliphatic heterocycles. The molecular formula is C12H20N4O3S. The van der Waals surface area contributed by atoms with E-state index in [4.69, 9.17) is 4.74 Å². The van der Waals surface area contributed by atoms with Crippen molar-refractivity contribution in [2.75, 3.05) is 25.4 Å². The Balaban J connectivity index is 1.60. The fourth-order valence-corrected chi connectivity index (χ4v) is 4.24. The maximum atomic E-state index is 12.4. The van der Waals surface area contributed by atoms with E-state index in [9.17, 15) is 8.42 Å². The third-order valence-electron chi connectivity index (χ3n) is 4.17. The molecule has 2 aliphatic rings. The van der Waals surface area contributed by atoms with Crippen LogP contribution < -0.4 is 0 Å². The molecule has 1 aliphatic carbocycles. The van der Waals surface area contributed by atoms with Crippen LogP contribution in [0.25, 0.3) is 0 Å². The molecule has 20 heavy (non-hydrogen) atoms. The number of nitrogens with zero attached hydrogens (tertiary/aromatic N) is 3. The summed E-state index contributed by atoms with van der Waals surface area (Å²) in [6.07, 6.45) is 5.45. The van der Waals surface area contributed by atoms with Crippen molar-refractivity contribution in [1.82, 2.24) is 19.5 Å². The lowest BCUT2D eigenvalue weighted by molar-refractivity contribution is -0.00736. The number of aromatic nitrogens is 3. The molecular weight excluding hydrogens is 280 g/mol. The SMILES string of the molecule is O=S(=O)(CCC1CCC1)N1CCOC(c2ncn[nH]2)C1. The molecule has 1 unspecified atom stereocenters. The highest BCUT2D eigenvalue weighted by Crippen LogP contribution is 2.30. The van der Waals surface area contributed by atoms with Crippen LogP contribution in [0.15, 0.2) is 6.33 Å². The maximum absolute atomic E-state index is 12.4. The van der Waals surface area contributed by atoms with E-state index in [1.165, 1.54) is 29.9 Å². The van der Waals surface area contributed by atoms with Gasteiger partial charge in [-0.2, -0.15) is 9.40 Å². The van der Waals surface area contributed by atoms with Gasteiger partial charge in [0.25, 0.3) is 0 Å². The number of nitrogens with one attached hydrogen (secondary N) is 1. The monoisotopic (exact) mass is 300 g/mol. The number of hydrogen-bond donors (Lipinski definition) is 1. The van der Waals surface area contributed by atoms with E-state index in [0.717, 1.165) is 6.42 Å². The van der Waals surface area contributed by atoms with Crippen LogP contribution in [0, 0.1) is 5.92 Å². The zero-order chi connectivity index (χ0) is 14.0. The van der Waals surface area contributed by atoms with Crippen LogP contribution in [-0.2, 0) is 14.8 Å². The molecule has 1 N–H and O–H groups in total. The smallest absolute Gasteiger partial charge is 0.214 e. The molecule has 0 spiro atoms. The number of sulfonamides is 1. The number of hydrogen-bond acceptors (Lipinski definition) is 5. The van der Waals surface area contributed by atoms with Crippen molar-refractivity contribution in [2.24, 2.45) is 5.92 Å². The number of aromatic amines is 1. The van der Waals surface area contributed by atoms with Gasteiger partial charge in [0.15, 0.2) is 5.82 Å². The van der Waals surface area contributed by atoms with Gasteiger partial charge in [0.05, 0.1) is 12.4 Å². The summed E-state index contributed by atoms with van der Waals surface area (Å²) in [6, 6.07) is 0.